The number of piperazine rings is 1. The van der Waals surface area contributed by atoms with Gasteiger partial charge in [0.1, 0.15) is 11.6 Å². The molecular formula is C16H23N3O3. The van der Waals surface area contributed by atoms with E-state index in [0.717, 1.165) is 0 Å². The van der Waals surface area contributed by atoms with Crippen molar-refractivity contribution in [3.8, 4) is 0 Å². The lowest BCUT2D eigenvalue weighted by molar-refractivity contribution is -0.160. The zero-order valence-electron chi connectivity index (χ0n) is 13.3. The number of ether oxygens (including phenoxy) is 1. The van der Waals surface area contributed by atoms with Gasteiger partial charge in [-0.2, -0.15) is 0 Å². The molecule has 22 heavy (non-hydrogen) atoms. The molecule has 1 heterocycles. The monoisotopic (exact) mass is 305 g/mol. The van der Waals surface area contributed by atoms with E-state index in [2.05, 4.69) is 10.6 Å². The van der Waals surface area contributed by atoms with Gasteiger partial charge in [-0.05, 0) is 32.9 Å². The molecule has 1 atom stereocenters. The van der Waals surface area contributed by atoms with Crippen molar-refractivity contribution in [1.82, 2.24) is 10.2 Å². The summed E-state index contributed by atoms with van der Waals surface area (Å²) in [6.45, 7) is 6.96. The molecule has 1 aliphatic heterocycles. The quantitative estimate of drug-likeness (QED) is 0.818. The van der Waals surface area contributed by atoms with Gasteiger partial charge < -0.3 is 20.3 Å². The molecule has 1 fully saturated rings. The molecule has 1 aliphatic rings. The first-order valence-electron chi connectivity index (χ1n) is 7.43. The summed E-state index contributed by atoms with van der Waals surface area (Å²) in [7, 11) is 0. The third kappa shape index (κ3) is 4.46. The van der Waals surface area contributed by atoms with E-state index in [1.54, 1.807) is 0 Å². The third-order valence-corrected chi connectivity index (χ3v) is 3.21. The number of amides is 2. The van der Waals surface area contributed by atoms with Crippen molar-refractivity contribution in [2.45, 2.75) is 32.4 Å². The molecule has 2 amide bonds. The topological polar surface area (TPSA) is 70.7 Å². The number of rotatable bonds is 2. The maximum atomic E-state index is 12.4. The van der Waals surface area contributed by atoms with Gasteiger partial charge in [-0.1, -0.05) is 18.2 Å². The molecule has 6 heteroatoms. The standard InChI is InChI=1S/C16H23N3O3/c1-16(2,3)22-14(20)13-11-17-9-10-19(13)15(21)18-12-7-5-4-6-8-12/h4-8,13,17H,9-11H2,1-3H3,(H,18,21). The van der Waals surface area contributed by atoms with E-state index in [4.69, 9.17) is 4.74 Å². The molecule has 0 bridgehead atoms. The van der Waals surface area contributed by atoms with Gasteiger partial charge in [0.2, 0.25) is 0 Å². The zero-order chi connectivity index (χ0) is 16.2. The first-order valence-corrected chi connectivity index (χ1v) is 7.43. The Bertz CT molecular complexity index is 525. The summed E-state index contributed by atoms with van der Waals surface area (Å²) in [5.41, 5.74) is 0.129. The average molecular weight is 305 g/mol. The van der Waals surface area contributed by atoms with Gasteiger partial charge in [-0.25, -0.2) is 9.59 Å². The molecule has 1 saturated heterocycles. The Hall–Kier alpha value is -2.08. The van der Waals surface area contributed by atoms with Crippen LogP contribution in [0.25, 0.3) is 0 Å². The molecule has 2 rings (SSSR count). The van der Waals surface area contributed by atoms with Crippen molar-refractivity contribution >= 4 is 17.7 Å². The Morgan fingerprint density at radius 1 is 1.27 bits per heavy atom. The molecular weight excluding hydrogens is 282 g/mol. The highest BCUT2D eigenvalue weighted by molar-refractivity contribution is 5.93. The minimum Gasteiger partial charge on any atom is -0.458 e. The fraction of sp³-hybridized carbons (Fsp3) is 0.500. The Morgan fingerprint density at radius 2 is 1.95 bits per heavy atom. The lowest BCUT2D eigenvalue weighted by atomic mass is 10.1. The number of benzene rings is 1. The van der Waals surface area contributed by atoms with Gasteiger partial charge >= 0.3 is 12.0 Å². The Labute approximate surface area is 130 Å². The summed E-state index contributed by atoms with van der Waals surface area (Å²) in [5.74, 6) is -0.386. The minimum atomic E-state index is -0.614. The van der Waals surface area contributed by atoms with Crippen LogP contribution in [0, 0.1) is 0 Å². The van der Waals surface area contributed by atoms with Gasteiger partial charge in [0.15, 0.2) is 0 Å². The van der Waals surface area contributed by atoms with Crippen LogP contribution in [-0.4, -0.2) is 48.2 Å². The number of carbonyl (C=O) groups is 2. The van der Waals surface area contributed by atoms with Crippen LogP contribution in [0.3, 0.4) is 0 Å². The molecule has 120 valence electrons. The van der Waals surface area contributed by atoms with Crippen LogP contribution in [0.2, 0.25) is 0 Å². The number of para-hydroxylation sites is 1. The average Bonchev–Trinajstić information content (AvgIpc) is 2.46. The van der Waals surface area contributed by atoms with Gasteiger partial charge in [0, 0.05) is 25.3 Å². The highest BCUT2D eigenvalue weighted by Gasteiger charge is 2.35. The van der Waals surface area contributed by atoms with Crippen LogP contribution in [0.15, 0.2) is 30.3 Å². The van der Waals surface area contributed by atoms with E-state index in [1.165, 1.54) is 4.90 Å². The van der Waals surface area contributed by atoms with Gasteiger partial charge in [-0.15, -0.1) is 0 Å². The normalized spacial score (nSPS) is 18.7. The predicted octanol–water partition coefficient (Wildman–Crippen LogP) is 1.83. The predicted molar refractivity (Wildman–Crippen MR) is 84.7 cm³/mol. The SMILES string of the molecule is CC(C)(C)OC(=O)C1CNCCN1C(=O)Nc1ccccc1. The smallest absolute Gasteiger partial charge is 0.330 e. The number of hydrogen-bond acceptors (Lipinski definition) is 4. The van der Waals surface area contributed by atoms with E-state index in [1.807, 2.05) is 51.1 Å². The van der Waals surface area contributed by atoms with E-state index in [-0.39, 0.29) is 12.0 Å². The second-order valence-electron chi connectivity index (χ2n) is 6.24. The fourth-order valence-corrected chi connectivity index (χ4v) is 2.24. The van der Waals surface area contributed by atoms with Crippen molar-refractivity contribution in [3.05, 3.63) is 30.3 Å². The number of carbonyl (C=O) groups excluding carboxylic acids is 2. The second-order valence-corrected chi connectivity index (χ2v) is 6.24. The van der Waals surface area contributed by atoms with Crippen molar-refractivity contribution in [1.29, 1.82) is 0 Å². The lowest BCUT2D eigenvalue weighted by Crippen LogP contribution is -2.59. The Morgan fingerprint density at radius 3 is 2.59 bits per heavy atom. The minimum absolute atomic E-state index is 0.288. The van der Waals surface area contributed by atoms with E-state index in [9.17, 15) is 9.59 Å². The van der Waals surface area contributed by atoms with Gasteiger partial charge in [-0.3, -0.25) is 0 Å². The first kappa shape index (κ1) is 16.3. The zero-order valence-corrected chi connectivity index (χ0v) is 13.3. The summed E-state index contributed by atoms with van der Waals surface area (Å²) in [6, 6.07) is 8.28. The molecule has 6 nitrogen and oxygen atoms in total. The number of urea groups is 1. The highest BCUT2D eigenvalue weighted by Crippen LogP contribution is 2.14. The summed E-state index contributed by atoms with van der Waals surface area (Å²) in [6.07, 6.45) is 0. The second kappa shape index (κ2) is 6.79. The number of hydrogen-bond donors (Lipinski definition) is 2. The van der Waals surface area contributed by atoms with Crippen LogP contribution >= 0.6 is 0 Å². The van der Waals surface area contributed by atoms with Crippen LogP contribution in [0.4, 0.5) is 10.5 Å². The summed E-state index contributed by atoms with van der Waals surface area (Å²) in [5, 5.41) is 5.94. The van der Waals surface area contributed by atoms with Crippen molar-refractivity contribution in [2.75, 3.05) is 25.0 Å². The fourth-order valence-electron chi connectivity index (χ4n) is 2.24. The van der Waals surface area contributed by atoms with E-state index < -0.39 is 11.6 Å². The summed E-state index contributed by atoms with van der Waals surface area (Å²) < 4.78 is 5.41. The summed E-state index contributed by atoms with van der Waals surface area (Å²) in [4.78, 5) is 26.2. The number of nitrogens with one attached hydrogen (secondary N) is 2. The van der Waals surface area contributed by atoms with Crippen LogP contribution in [0.5, 0.6) is 0 Å². The molecule has 0 aromatic heterocycles. The van der Waals surface area contributed by atoms with E-state index in [0.29, 0.717) is 25.3 Å². The van der Waals surface area contributed by atoms with Gasteiger partial charge in [0.25, 0.3) is 0 Å². The van der Waals surface area contributed by atoms with Gasteiger partial charge in [0.05, 0.1) is 0 Å². The molecule has 0 radical (unpaired) electrons. The Kier molecular flexibility index (Phi) is 5.03. The molecule has 1 aromatic carbocycles. The highest BCUT2D eigenvalue weighted by atomic mass is 16.6. The molecule has 0 saturated carbocycles. The van der Waals surface area contributed by atoms with Crippen LogP contribution < -0.4 is 10.6 Å². The number of anilines is 1. The van der Waals surface area contributed by atoms with Crippen LogP contribution in [-0.2, 0) is 9.53 Å². The van der Waals surface area contributed by atoms with Crippen molar-refractivity contribution in [3.63, 3.8) is 0 Å². The molecule has 0 aliphatic carbocycles. The largest absolute Gasteiger partial charge is 0.458 e. The molecule has 0 spiro atoms. The van der Waals surface area contributed by atoms with Crippen molar-refractivity contribution in [2.24, 2.45) is 0 Å². The first-order chi connectivity index (χ1) is 10.4. The molecule has 1 unspecified atom stereocenters. The van der Waals surface area contributed by atoms with Crippen molar-refractivity contribution < 1.29 is 14.3 Å². The lowest BCUT2D eigenvalue weighted by Gasteiger charge is -2.36. The van der Waals surface area contributed by atoms with Crippen LogP contribution in [0.1, 0.15) is 20.8 Å². The maximum absolute atomic E-state index is 12.4. The number of esters is 1. The Balaban J connectivity index is 2.05. The third-order valence-electron chi connectivity index (χ3n) is 3.21. The summed E-state index contributed by atoms with van der Waals surface area (Å²) >= 11 is 0. The van der Waals surface area contributed by atoms with E-state index >= 15 is 0 Å². The molecule has 2 N–H and O–H groups in total. The maximum Gasteiger partial charge on any atom is 0.330 e. The number of nitrogens with zero attached hydrogens (tertiary/aromatic N) is 1. The molecule has 1 aromatic rings.